The van der Waals surface area contributed by atoms with E-state index in [1.807, 2.05) is 6.07 Å². The summed E-state index contributed by atoms with van der Waals surface area (Å²) in [5.74, 6) is -1.42. The molecule has 0 bridgehead atoms. The zero-order chi connectivity index (χ0) is 15.9. The van der Waals surface area contributed by atoms with Crippen molar-refractivity contribution in [2.75, 3.05) is 31.5 Å². The molecule has 0 aromatic heterocycles. The summed E-state index contributed by atoms with van der Waals surface area (Å²) in [4.78, 5) is 25.3. The van der Waals surface area contributed by atoms with Crippen molar-refractivity contribution in [2.24, 2.45) is 0 Å². The second-order valence-electron chi connectivity index (χ2n) is 5.05. The molecule has 1 amide bonds. The number of hydrogen-bond donors (Lipinski definition) is 3. The molecule has 0 spiro atoms. The van der Waals surface area contributed by atoms with Crippen LogP contribution in [-0.2, 0) is 9.59 Å². The Bertz CT molecular complexity index is 591. The highest BCUT2D eigenvalue weighted by Gasteiger charge is 2.29. The van der Waals surface area contributed by atoms with E-state index in [0.29, 0.717) is 37.4 Å². The van der Waals surface area contributed by atoms with Gasteiger partial charge < -0.3 is 15.7 Å². The Labute approximate surface area is 128 Å². The van der Waals surface area contributed by atoms with Crippen LogP contribution in [0.25, 0.3) is 0 Å². The average Bonchev–Trinajstić information content (AvgIpc) is 2.53. The maximum absolute atomic E-state index is 12.1. The van der Waals surface area contributed by atoms with Gasteiger partial charge in [0.15, 0.2) is 0 Å². The van der Waals surface area contributed by atoms with Gasteiger partial charge in [-0.05, 0) is 12.1 Å². The Morgan fingerprint density at radius 3 is 2.68 bits per heavy atom. The molecule has 0 saturated carbocycles. The summed E-state index contributed by atoms with van der Waals surface area (Å²) in [6, 6.07) is 7.77. The number of carboxylic acids is 1. The number of nitrogens with one attached hydrogen (secondary N) is 2. The topological polar surface area (TPSA) is 105 Å². The van der Waals surface area contributed by atoms with Crippen LogP contribution in [-0.4, -0.2) is 54.1 Å². The lowest BCUT2D eigenvalue weighted by Crippen LogP contribution is -2.52. The number of hydrogen-bond acceptors (Lipinski definition) is 5. The van der Waals surface area contributed by atoms with E-state index in [1.54, 1.807) is 29.2 Å². The van der Waals surface area contributed by atoms with Crippen LogP contribution in [0.4, 0.5) is 5.69 Å². The minimum Gasteiger partial charge on any atom is -0.480 e. The van der Waals surface area contributed by atoms with E-state index >= 15 is 0 Å². The van der Waals surface area contributed by atoms with Gasteiger partial charge in [-0.1, -0.05) is 12.1 Å². The van der Waals surface area contributed by atoms with Gasteiger partial charge in [0.1, 0.15) is 12.1 Å². The van der Waals surface area contributed by atoms with Crippen molar-refractivity contribution in [3.63, 3.8) is 0 Å². The second-order valence-corrected chi connectivity index (χ2v) is 5.05. The Hall–Kier alpha value is -2.43. The van der Waals surface area contributed by atoms with Crippen LogP contribution in [0, 0.1) is 11.3 Å². The highest BCUT2D eigenvalue weighted by Crippen LogP contribution is 2.15. The predicted octanol–water partition coefficient (Wildman–Crippen LogP) is 0.245. The highest BCUT2D eigenvalue weighted by molar-refractivity contribution is 5.95. The summed E-state index contributed by atoms with van der Waals surface area (Å²) in [5.41, 5.74) is 0.754. The van der Waals surface area contributed by atoms with Crippen LogP contribution in [0.5, 0.6) is 0 Å². The Morgan fingerprint density at radius 1 is 1.36 bits per heavy atom. The van der Waals surface area contributed by atoms with Crippen LogP contribution >= 0.6 is 0 Å². The molecule has 1 atom stereocenters. The fourth-order valence-electron chi connectivity index (χ4n) is 2.43. The summed E-state index contributed by atoms with van der Waals surface area (Å²) >= 11 is 0. The molecule has 1 aliphatic heterocycles. The van der Waals surface area contributed by atoms with Gasteiger partial charge in [-0.25, -0.2) is 0 Å². The lowest BCUT2D eigenvalue weighted by atomic mass is 10.1. The van der Waals surface area contributed by atoms with Gasteiger partial charge in [-0.3, -0.25) is 14.5 Å². The monoisotopic (exact) mass is 302 g/mol. The van der Waals surface area contributed by atoms with Gasteiger partial charge in [-0.15, -0.1) is 0 Å². The van der Waals surface area contributed by atoms with Crippen molar-refractivity contribution in [1.82, 2.24) is 10.2 Å². The number of anilines is 1. The molecule has 1 aromatic carbocycles. The van der Waals surface area contributed by atoms with Gasteiger partial charge in [0.25, 0.3) is 0 Å². The van der Waals surface area contributed by atoms with E-state index in [4.69, 9.17) is 5.26 Å². The molecule has 0 unspecified atom stereocenters. The van der Waals surface area contributed by atoms with Crippen molar-refractivity contribution < 1.29 is 14.7 Å². The predicted molar refractivity (Wildman–Crippen MR) is 80.3 cm³/mol. The zero-order valence-corrected chi connectivity index (χ0v) is 12.1. The zero-order valence-electron chi connectivity index (χ0n) is 12.1. The van der Waals surface area contributed by atoms with Crippen LogP contribution in [0.3, 0.4) is 0 Å². The first-order valence-electron chi connectivity index (χ1n) is 7.08. The maximum Gasteiger partial charge on any atom is 0.321 e. The van der Waals surface area contributed by atoms with Crippen LogP contribution in [0.1, 0.15) is 12.0 Å². The average molecular weight is 302 g/mol. The molecule has 1 fully saturated rings. The Balaban J connectivity index is 2.02. The van der Waals surface area contributed by atoms with Gasteiger partial charge in [0.05, 0.1) is 17.7 Å². The normalized spacial score (nSPS) is 16.5. The maximum atomic E-state index is 12.1. The number of benzene rings is 1. The van der Waals surface area contributed by atoms with Crippen molar-refractivity contribution in [1.29, 1.82) is 5.26 Å². The fraction of sp³-hybridized carbons (Fsp3) is 0.400. The van der Waals surface area contributed by atoms with E-state index in [9.17, 15) is 14.7 Å². The minimum absolute atomic E-state index is 0.144. The number of piperazine rings is 1. The van der Waals surface area contributed by atoms with Crippen molar-refractivity contribution >= 4 is 17.6 Å². The molecular weight excluding hydrogens is 284 g/mol. The van der Waals surface area contributed by atoms with Crippen LogP contribution in [0.15, 0.2) is 24.3 Å². The fourth-order valence-corrected chi connectivity index (χ4v) is 2.43. The third-order valence-corrected chi connectivity index (χ3v) is 3.58. The first-order chi connectivity index (χ1) is 10.6. The van der Waals surface area contributed by atoms with Gasteiger partial charge in [-0.2, -0.15) is 5.26 Å². The standard InChI is InChI=1S/C15H18N4O3/c16-10-11-3-1-2-4-12(11)18-14(20)9-13(15(21)22)19-7-5-17-6-8-19/h1-4,13,17H,5-9H2,(H,18,20)(H,21,22)/t13-/m0/s1. The van der Waals surface area contributed by atoms with E-state index in [0.717, 1.165) is 0 Å². The van der Waals surface area contributed by atoms with Gasteiger partial charge in [0, 0.05) is 26.2 Å². The Kier molecular flexibility index (Phi) is 5.47. The second kappa shape index (κ2) is 7.54. The number of nitriles is 1. The third kappa shape index (κ3) is 4.04. The lowest BCUT2D eigenvalue weighted by molar-refractivity contribution is -0.145. The number of para-hydroxylation sites is 1. The molecule has 1 aromatic rings. The lowest BCUT2D eigenvalue weighted by Gasteiger charge is -2.32. The first kappa shape index (κ1) is 15.9. The number of amides is 1. The SMILES string of the molecule is N#Cc1ccccc1NC(=O)C[C@@H](C(=O)O)N1CCNCC1. The number of aliphatic carboxylic acids is 1. The molecule has 3 N–H and O–H groups in total. The van der Waals surface area contributed by atoms with E-state index in [-0.39, 0.29) is 6.42 Å². The van der Waals surface area contributed by atoms with E-state index < -0.39 is 17.9 Å². The summed E-state index contributed by atoms with van der Waals surface area (Å²) in [6.07, 6.45) is -0.144. The Morgan fingerprint density at radius 2 is 2.05 bits per heavy atom. The van der Waals surface area contributed by atoms with Gasteiger partial charge in [0.2, 0.25) is 5.91 Å². The molecule has 2 rings (SSSR count). The van der Waals surface area contributed by atoms with Crippen molar-refractivity contribution in [2.45, 2.75) is 12.5 Å². The first-order valence-corrected chi connectivity index (χ1v) is 7.08. The van der Waals surface area contributed by atoms with E-state index in [2.05, 4.69) is 10.6 Å². The molecule has 7 heteroatoms. The molecule has 0 aliphatic carbocycles. The molecule has 1 aliphatic rings. The summed E-state index contributed by atoms with van der Waals surface area (Å²) in [6.45, 7) is 2.61. The summed E-state index contributed by atoms with van der Waals surface area (Å²) in [7, 11) is 0. The number of rotatable bonds is 5. The number of carbonyl (C=O) groups is 2. The molecule has 7 nitrogen and oxygen atoms in total. The van der Waals surface area contributed by atoms with E-state index in [1.165, 1.54) is 0 Å². The largest absolute Gasteiger partial charge is 0.480 e. The molecule has 1 saturated heterocycles. The van der Waals surface area contributed by atoms with Gasteiger partial charge >= 0.3 is 5.97 Å². The minimum atomic E-state index is -1.01. The van der Waals surface area contributed by atoms with Crippen molar-refractivity contribution in [3.8, 4) is 6.07 Å². The summed E-state index contributed by atoms with van der Waals surface area (Å²) < 4.78 is 0. The smallest absolute Gasteiger partial charge is 0.321 e. The molecule has 22 heavy (non-hydrogen) atoms. The van der Waals surface area contributed by atoms with Crippen molar-refractivity contribution in [3.05, 3.63) is 29.8 Å². The number of carbonyl (C=O) groups excluding carboxylic acids is 1. The third-order valence-electron chi connectivity index (χ3n) is 3.58. The molecular formula is C15H18N4O3. The molecule has 116 valence electrons. The quantitative estimate of drug-likeness (QED) is 0.720. The summed E-state index contributed by atoms with van der Waals surface area (Å²) in [5, 5.41) is 24.1. The molecule has 0 radical (unpaired) electrons. The number of nitrogens with zero attached hydrogens (tertiary/aromatic N) is 2. The van der Waals surface area contributed by atoms with Crippen LogP contribution < -0.4 is 10.6 Å². The molecule has 1 heterocycles. The van der Waals surface area contributed by atoms with Crippen LogP contribution in [0.2, 0.25) is 0 Å². The number of carboxylic acid groups (broad SMARTS) is 1. The highest BCUT2D eigenvalue weighted by atomic mass is 16.4.